The summed E-state index contributed by atoms with van der Waals surface area (Å²) < 4.78 is 1.27. The van der Waals surface area contributed by atoms with Gasteiger partial charge in [-0.05, 0) is 18.4 Å². The van der Waals surface area contributed by atoms with E-state index in [1.807, 2.05) is 18.4 Å². The summed E-state index contributed by atoms with van der Waals surface area (Å²) in [5, 5.41) is 3.45. The lowest BCUT2D eigenvalue weighted by molar-refractivity contribution is 0.112. The summed E-state index contributed by atoms with van der Waals surface area (Å²) in [7, 11) is 1.57. The van der Waals surface area contributed by atoms with Crippen LogP contribution < -0.4 is 5.56 Å². The summed E-state index contributed by atoms with van der Waals surface area (Å²) in [6.45, 7) is 0. The molecule has 1 N–H and O–H groups in total. The number of nitrogens with zero attached hydrogens (tertiary/aromatic N) is 1. The molecule has 1 aromatic carbocycles. The fourth-order valence-electron chi connectivity index (χ4n) is 1.72. The van der Waals surface area contributed by atoms with Gasteiger partial charge in [-0.25, -0.2) is 0 Å². The third kappa shape index (κ3) is 2.11. The molecular weight excluding hydrogens is 272 g/mol. The SMILES string of the molecule is CSc1ccc(-c2[nH]n(C)c(=O)c2C=O)cc1Cl. The molecule has 2 rings (SSSR count). The molecule has 0 aliphatic carbocycles. The highest BCUT2D eigenvalue weighted by Gasteiger charge is 2.14. The molecule has 0 fully saturated rings. The van der Waals surface area contributed by atoms with Crippen LogP contribution in [0, 0.1) is 0 Å². The fraction of sp³-hybridized carbons (Fsp3) is 0.167. The average Bonchev–Trinajstić information content (AvgIpc) is 2.65. The number of aromatic nitrogens is 2. The number of rotatable bonds is 3. The molecule has 18 heavy (non-hydrogen) atoms. The highest BCUT2D eigenvalue weighted by atomic mass is 35.5. The van der Waals surface area contributed by atoms with E-state index in [1.165, 1.54) is 16.4 Å². The van der Waals surface area contributed by atoms with Crippen LogP contribution in [0.25, 0.3) is 11.3 Å². The minimum Gasteiger partial charge on any atom is -0.298 e. The normalized spacial score (nSPS) is 10.6. The zero-order chi connectivity index (χ0) is 13.3. The van der Waals surface area contributed by atoms with Crippen LogP contribution in [-0.4, -0.2) is 22.3 Å². The summed E-state index contributed by atoms with van der Waals surface area (Å²) in [5.41, 5.74) is 0.986. The summed E-state index contributed by atoms with van der Waals surface area (Å²) in [5.74, 6) is 0. The number of nitrogens with one attached hydrogen (secondary N) is 1. The van der Waals surface area contributed by atoms with E-state index in [1.54, 1.807) is 13.1 Å². The van der Waals surface area contributed by atoms with Crippen molar-refractivity contribution in [3.05, 3.63) is 39.1 Å². The van der Waals surface area contributed by atoms with Gasteiger partial charge in [0, 0.05) is 17.5 Å². The van der Waals surface area contributed by atoms with Crippen LogP contribution in [0.15, 0.2) is 27.9 Å². The van der Waals surface area contributed by atoms with E-state index in [9.17, 15) is 9.59 Å². The maximum absolute atomic E-state index is 11.7. The second-order valence-electron chi connectivity index (χ2n) is 3.73. The zero-order valence-corrected chi connectivity index (χ0v) is 11.4. The Labute approximate surface area is 113 Å². The number of carbonyl (C=O) groups excluding carboxylic acids is 1. The predicted molar refractivity (Wildman–Crippen MR) is 73.6 cm³/mol. The van der Waals surface area contributed by atoms with E-state index in [0.29, 0.717) is 17.0 Å². The Bertz CT molecular complexity index is 661. The van der Waals surface area contributed by atoms with Crippen molar-refractivity contribution in [2.45, 2.75) is 4.90 Å². The number of aldehydes is 1. The van der Waals surface area contributed by atoms with E-state index >= 15 is 0 Å². The Kier molecular flexibility index (Phi) is 3.63. The average molecular weight is 283 g/mol. The van der Waals surface area contributed by atoms with Crippen molar-refractivity contribution in [2.24, 2.45) is 7.05 Å². The van der Waals surface area contributed by atoms with Gasteiger partial charge in [0.25, 0.3) is 5.56 Å². The molecule has 0 saturated carbocycles. The van der Waals surface area contributed by atoms with Crippen LogP contribution >= 0.6 is 23.4 Å². The number of aryl methyl sites for hydroxylation is 1. The number of thioether (sulfide) groups is 1. The van der Waals surface area contributed by atoms with Crippen LogP contribution in [0.5, 0.6) is 0 Å². The Balaban J connectivity index is 2.62. The maximum Gasteiger partial charge on any atom is 0.277 e. The van der Waals surface area contributed by atoms with Gasteiger partial charge < -0.3 is 0 Å². The predicted octanol–water partition coefficient (Wildman–Crippen LogP) is 2.57. The number of carbonyl (C=O) groups is 1. The number of hydrogen-bond donors (Lipinski definition) is 1. The van der Waals surface area contributed by atoms with Crippen LogP contribution in [0.3, 0.4) is 0 Å². The summed E-state index contributed by atoms with van der Waals surface area (Å²) in [4.78, 5) is 23.6. The second kappa shape index (κ2) is 5.04. The van der Waals surface area contributed by atoms with Crippen molar-refractivity contribution in [3.8, 4) is 11.3 Å². The van der Waals surface area contributed by atoms with E-state index in [2.05, 4.69) is 5.10 Å². The van der Waals surface area contributed by atoms with Gasteiger partial charge in [0.2, 0.25) is 0 Å². The van der Waals surface area contributed by atoms with Gasteiger partial charge in [-0.1, -0.05) is 17.7 Å². The smallest absolute Gasteiger partial charge is 0.277 e. The van der Waals surface area contributed by atoms with Gasteiger partial charge in [0.15, 0.2) is 6.29 Å². The first-order valence-electron chi connectivity index (χ1n) is 5.16. The van der Waals surface area contributed by atoms with Crippen LogP contribution in [0.4, 0.5) is 0 Å². The molecule has 0 aliphatic heterocycles. The zero-order valence-electron chi connectivity index (χ0n) is 9.86. The molecule has 0 bridgehead atoms. The molecule has 4 nitrogen and oxygen atoms in total. The van der Waals surface area contributed by atoms with Crippen molar-refractivity contribution >= 4 is 29.6 Å². The van der Waals surface area contributed by atoms with Gasteiger partial charge in [-0.15, -0.1) is 11.8 Å². The molecular formula is C12H11ClN2O2S. The minimum atomic E-state index is -0.343. The Hall–Kier alpha value is -1.46. The summed E-state index contributed by atoms with van der Waals surface area (Å²) in [6, 6.07) is 5.43. The number of aromatic amines is 1. The maximum atomic E-state index is 11.7. The van der Waals surface area contributed by atoms with Crippen molar-refractivity contribution in [1.29, 1.82) is 0 Å². The molecule has 1 aromatic heterocycles. The highest BCUT2D eigenvalue weighted by Crippen LogP contribution is 2.30. The molecule has 0 amide bonds. The first kappa shape index (κ1) is 13.0. The Morgan fingerprint density at radius 3 is 2.72 bits per heavy atom. The van der Waals surface area contributed by atoms with Gasteiger partial charge in [-0.3, -0.25) is 19.4 Å². The van der Waals surface area contributed by atoms with Crippen molar-refractivity contribution in [1.82, 2.24) is 9.78 Å². The molecule has 0 saturated heterocycles. The minimum absolute atomic E-state index is 0.116. The molecule has 6 heteroatoms. The number of hydrogen-bond acceptors (Lipinski definition) is 3. The van der Waals surface area contributed by atoms with E-state index in [4.69, 9.17) is 11.6 Å². The first-order valence-corrected chi connectivity index (χ1v) is 6.77. The molecule has 1 heterocycles. The Morgan fingerprint density at radius 1 is 1.44 bits per heavy atom. The topological polar surface area (TPSA) is 54.9 Å². The van der Waals surface area contributed by atoms with E-state index < -0.39 is 0 Å². The summed E-state index contributed by atoms with van der Waals surface area (Å²) >= 11 is 7.65. The number of benzene rings is 1. The quantitative estimate of drug-likeness (QED) is 0.695. The molecule has 0 radical (unpaired) electrons. The standard InChI is InChI=1S/C12H11ClN2O2S/c1-15-12(17)8(6-16)11(14-15)7-3-4-10(18-2)9(13)5-7/h3-6,14H,1-2H3. The molecule has 2 aromatic rings. The van der Waals surface area contributed by atoms with Crippen molar-refractivity contribution in [3.63, 3.8) is 0 Å². The Morgan fingerprint density at radius 2 is 2.17 bits per heavy atom. The van der Waals surface area contributed by atoms with Crippen LogP contribution in [-0.2, 0) is 7.05 Å². The van der Waals surface area contributed by atoms with Gasteiger partial charge in [-0.2, -0.15) is 0 Å². The lowest BCUT2D eigenvalue weighted by Crippen LogP contribution is -2.14. The first-order chi connectivity index (χ1) is 8.58. The second-order valence-corrected chi connectivity index (χ2v) is 4.99. The third-order valence-electron chi connectivity index (χ3n) is 2.64. The van der Waals surface area contributed by atoms with Crippen LogP contribution in [0.1, 0.15) is 10.4 Å². The number of halogens is 1. The van der Waals surface area contributed by atoms with E-state index in [0.717, 1.165) is 10.5 Å². The lowest BCUT2D eigenvalue weighted by Gasteiger charge is -2.04. The molecule has 0 atom stereocenters. The van der Waals surface area contributed by atoms with Crippen molar-refractivity contribution < 1.29 is 4.79 Å². The van der Waals surface area contributed by atoms with Gasteiger partial charge >= 0.3 is 0 Å². The van der Waals surface area contributed by atoms with E-state index in [-0.39, 0.29) is 11.1 Å². The third-order valence-corrected chi connectivity index (χ3v) is 3.86. The van der Waals surface area contributed by atoms with Gasteiger partial charge in [0.05, 0.1) is 10.7 Å². The number of H-pyrrole nitrogens is 1. The molecule has 94 valence electrons. The molecule has 0 spiro atoms. The lowest BCUT2D eigenvalue weighted by atomic mass is 10.1. The van der Waals surface area contributed by atoms with Gasteiger partial charge in [0.1, 0.15) is 5.56 Å². The van der Waals surface area contributed by atoms with Crippen molar-refractivity contribution in [2.75, 3.05) is 6.26 Å². The fourth-order valence-corrected chi connectivity index (χ4v) is 2.59. The highest BCUT2D eigenvalue weighted by molar-refractivity contribution is 7.98. The molecule has 0 aliphatic rings. The largest absolute Gasteiger partial charge is 0.298 e. The van der Waals surface area contributed by atoms with Crippen LogP contribution in [0.2, 0.25) is 5.02 Å². The molecule has 0 unspecified atom stereocenters. The summed E-state index contributed by atoms with van der Waals surface area (Å²) in [6.07, 6.45) is 2.49. The monoisotopic (exact) mass is 282 g/mol.